The number of piperidine rings is 1. The number of morpholine rings is 1. The van der Waals surface area contributed by atoms with Gasteiger partial charge in [-0.2, -0.15) is 5.26 Å². The van der Waals surface area contributed by atoms with Crippen molar-refractivity contribution in [1.29, 1.82) is 5.26 Å². The lowest BCUT2D eigenvalue weighted by Gasteiger charge is -2.39. The van der Waals surface area contributed by atoms with E-state index < -0.39 is 11.6 Å². The van der Waals surface area contributed by atoms with E-state index >= 15 is 0 Å². The molecule has 184 valence electrons. The van der Waals surface area contributed by atoms with Crippen LogP contribution in [0.15, 0.2) is 18.5 Å². The molecule has 1 aliphatic carbocycles. The zero-order valence-electron chi connectivity index (χ0n) is 19.7. The molecule has 3 fully saturated rings. The van der Waals surface area contributed by atoms with Gasteiger partial charge in [-0.05, 0) is 31.2 Å². The van der Waals surface area contributed by atoms with Crippen LogP contribution in [0.25, 0.3) is 0 Å². The van der Waals surface area contributed by atoms with Crippen LogP contribution in [0.2, 0.25) is 0 Å². The molecular weight excluding hydrogens is 434 g/mol. The number of rotatable bonds is 6. The molecule has 0 aromatic carbocycles. The van der Waals surface area contributed by atoms with Gasteiger partial charge in [-0.15, -0.1) is 0 Å². The summed E-state index contributed by atoms with van der Waals surface area (Å²) in [5.74, 6) is 0.660. The van der Waals surface area contributed by atoms with E-state index in [0.717, 1.165) is 38.6 Å². The molecule has 3 heterocycles. The Balaban J connectivity index is 1.46. The van der Waals surface area contributed by atoms with Gasteiger partial charge in [-0.1, -0.05) is 32.1 Å². The van der Waals surface area contributed by atoms with E-state index in [1.165, 1.54) is 6.42 Å². The average Bonchev–Trinajstić information content (AvgIpc) is 2.90. The lowest BCUT2D eigenvalue weighted by Crippen LogP contribution is -2.62. The van der Waals surface area contributed by atoms with Crippen molar-refractivity contribution < 1.29 is 14.3 Å². The summed E-state index contributed by atoms with van der Waals surface area (Å²) in [6, 6.07) is 3.19. The van der Waals surface area contributed by atoms with E-state index in [9.17, 15) is 14.9 Å². The van der Waals surface area contributed by atoms with Gasteiger partial charge < -0.3 is 25.2 Å². The van der Waals surface area contributed by atoms with Gasteiger partial charge in [0, 0.05) is 32.0 Å². The number of urea groups is 1. The average molecular weight is 470 g/mol. The first-order chi connectivity index (χ1) is 16.6. The molecule has 3 aliphatic rings. The minimum absolute atomic E-state index is 0.242. The molecule has 2 saturated heterocycles. The highest BCUT2D eigenvalue weighted by atomic mass is 16.5. The summed E-state index contributed by atoms with van der Waals surface area (Å²) in [5.41, 5.74) is -1.05. The number of anilines is 1. The van der Waals surface area contributed by atoms with E-state index in [-0.39, 0.29) is 11.9 Å². The molecule has 1 saturated carbocycles. The highest BCUT2D eigenvalue weighted by Gasteiger charge is 2.40. The monoisotopic (exact) mass is 469 g/mol. The van der Waals surface area contributed by atoms with Crippen molar-refractivity contribution in [2.45, 2.75) is 62.9 Å². The quantitative estimate of drug-likeness (QED) is 0.651. The summed E-state index contributed by atoms with van der Waals surface area (Å²) in [6.07, 6.45) is 10.9. The fraction of sp³-hybridized carbons (Fsp3) is 0.708. The number of nitriles is 1. The van der Waals surface area contributed by atoms with E-state index in [2.05, 4.69) is 26.7 Å². The lowest BCUT2D eigenvalue weighted by atomic mass is 9.84. The van der Waals surface area contributed by atoms with Crippen molar-refractivity contribution >= 4 is 17.9 Å². The number of nitrogens with zero attached hydrogens (tertiary/aromatic N) is 5. The van der Waals surface area contributed by atoms with E-state index in [0.29, 0.717) is 57.6 Å². The number of carbonyl (C=O) groups is 2. The number of amides is 3. The molecular formula is C24H35N7O3. The van der Waals surface area contributed by atoms with Gasteiger partial charge in [0.05, 0.1) is 25.8 Å². The fourth-order valence-corrected chi connectivity index (χ4v) is 5.22. The molecule has 1 aromatic heterocycles. The summed E-state index contributed by atoms with van der Waals surface area (Å²) < 4.78 is 5.35. The topological polar surface area (TPSA) is 123 Å². The predicted molar refractivity (Wildman–Crippen MR) is 126 cm³/mol. The van der Waals surface area contributed by atoms with Crippen LogP contribution in [0, 0.1) is 17.2 Å². The molecule has 10 heteroatoms. The van der Waals surface area contributed by atoms with Crippen molar-refractivity contribution in [2.75, 3.05) is 44.3 Å². The number of nitrogens with one attached hydrogen (secondary N) is 2. The Kier molecular flexibility index (Phi) is 8.16. The van der Waals surface area contributed by atoms with Gasteiger partial charge in [-0.25, -0.2) is 14.8 Å². The first kappa shape index (κ1) is 24.2. The van der Waals surface area contributed by atoms with E-state index in [4.69, 9.17) is 4.74 Å². The maximum Gasteiger partial charge on any atom is 0.318 e. The van der Waals surface area contributed by atoms with Crippen LogP contribution in [0.4, 0.5) is 10.7 Å². The van der Waals surface area contributed by atoms with Gasteiger partial charge in [-0.3, -0.25) is 4.79 Å². The van der Waals surface area contributed by atoms with E-state index in [1.807, 2.05) is 4.90 Å². The fourth-order valence-electron chi connectivity index (χ4n) is 5.22. The van der Waals surface area contributed by atoms with Crippen LogP contribution < -0.4 is 15.5 Å². The molecule has 4 rings (SSSR count). The minimum atomic E-state index is -1.05. The predicted octanol–water partition coefficient (Wildman–Crippen LogP) is 1.84. The highest BCUT2D eigenvalue weighted by Crippen LogP contribution is 2.28. The Morgan fingerprint density at radius 2 is 1.88 bits per heavy atom. The third-order valence-corrected chi connectivity index (χ3v) is 7.11. The SMILES string of the molecule is N#CC1(NC(=O)C(CC2CCCCC2)NC(=O)N2CCOCC2)CCCN(c2ncccn2)C1. The summed E-state index contributed by atoms with van der Waals surface area (Å²) >= 11 is 0. The number of carbonyl (C=O) groups excluding carboxylic acids is 2. The molecule has 2 atom stereocenters. The summed E-state index contributed by atoms with van der Waals surface area (Å²) in [7, 11) is 0. The molecule has 10 nitrogen and oxygen atoms in total. The van der Waals surface area contributed by atoms with Crippen LogP contribution in [0.5, 0.6) is 0 Å². The smallest absolute Gasteiger partial charge is 0.318 e. The number of hydrogen-bond donors (Lipinski definition) is 2. The zero-order chi connectivity index (χ0) is 23.8. The van der Waals surface area contributed by atoms with Crippen LogP contribution in [-0.4, -0.2) is 77.8 Å². The maximum atomic E-state index is 13.5. The van der Waals surface area contributed by atoms with Crippen molar-refractivity contribution in [3.63, 3.8) is 0 Å². The van der Waals surface area contributed by atoms with Crippen molar-refractivity contribution in [3.8, 4) is 6.07 Å². The van der Waals surface area contributed by atoms with Crippen molar-refractivity contribution in [2.24, 2.45) is 5.92 Å². The molecule has 3 amide bonds. The second-order valence-electron chi connectivity index (χ2n) is 9.60. The lowest BCUT2D eigenvalue weighted by molar-refractivity contribution is -0.125. The van der Waals surface area contributed by atoms with Crippen LogP contribution >= 0.6 is 0 Å². The first-order valence-electron chi connectivity index (χ1n) is 12.5. The molecule has 2 N–H and O–H groups in total. The van der Waals surface area contributed by atoms with Gasteiger partial charge in [0.1, 0.15) is 11.6 Å². The number of hydrogen-bond acceptors (Lipinski definition) is 7. The summed E-state index contributed by atoms with van der Waals surface area (Å²) in [5, 5.41) is 16.1. The zero-order valence-corrected chi connectivity index (χ0v) is 19.7. The molecule has 0 spiro atoms. The van der Waals surface area contributed by atoms with Crippen LogP contribution in [0.1, 0.15) is 51.4 Å². The molecule has 34 heavy (non-hydrogen) atoms. The van der Waals surface area contributed by atoms with Crippen LogP contribution in [-0.2, 0) is 9.53 Å². The second kappa shape index (κ2) is 11.5. The van der Waals surface area contributed by atoms with Crippen molar-refractivity contribution in [1.82, 2.24) is 25.5 Å². The Labute approximate surface area is 201 Å². The molecule has 2 aliphatic heterocycles. The van der Waals surface area contributed by atoms with Gasteiger partial charge in [0.15, 0.2) is 0 Å². The van der Waals surface area contributed by atoms with Gasteiger partial charge >= 0.3 is 6.03 Å². The highest BCUT2D eigenvalue weighted by molar-refractivity contribution is 5.88. The van der Waals surface area contributed by atoms with Gasteiger partial charge in [0.25, 0.3) is 0 Å². The minimum Gasteiger partial charge on any atom is -0.378 e. The normalized spacial score (nSPS) is 24.7. The van der Waals surface area contributed by atoms with E-state index in [1.54, 1.807) is 23.4 Å². The standard InChI is InChI=1S/C24H35N7O3/c25-17-24(8-4-11-31(18-24)22-26-9-5-10-27-22)29-21(32)20(16-19-6-2-1-3-7-19)28-23(33)30-12-14-34-15-13-30/h5,9-10,19-20H,1-4,6-8,11-16,18H2,(H,28,33)(H,29,32). The van der Waals surface area contributed by atoms with Crippen LogP contribution in [0.3, 0.4) is 0 Å². The molecule has 0 radical (unpaired) electrons. The number of ether oxygens (including phenoxy) is 1. The first-order valence-corrected chi connectivity index (χ1v) is 12.5. The Morgan fingerprint density at radius 3 is 2.59 bits per heavy atom. The molecule has 2 unspecified atom stereocenters. The summed E-state index contributed by atoms with van der Waals surface area (Å²) in [4.78, 5) is 38.7. The van der Waals surface area contributed by atoms with Gasteiger partial charge in [0.2, 0.25) is 11.9 Å². The summed E-state index contributed by atoms with van der Waals surface area (Å²) in [6.45, 7) is 3.06. The third-order valence-electron chi connectivity index (χ3n) is 7.11. The molecule has 1 aromatic rings. The Hall–Kier alpha value is -2.93. The van der Waals surface area contributed by atoms with Crippen molar-refractivity contribution in [3.05, 3.63) is 18.5 Å². The maximum absolute atomic E-state index is 13.5. The Bertz CT molecular complexity index is 865. The Morgan fingerprint density at radius 1 is 1.15 bits per heavy atom. The second-order valence-corrected chi connectivity index (χ2v) is 9.60. The number of aromatic nitrogens is 2. The third kappa shape index (κ3) is 6.14. The molecule has 0 bridgehead atoms. The largest absolute Gasteiger partial charge is 0.378 e.